The van der Waals surface area contributed by atoms with Gasteiger partial charge in [0.2, 0.25) is 0 Å². The first kappa shape index (κ1) is 12.8. The Morgan fingerprint density at radius 1 is 1.56 bits per heavy atom. The highest BCUT2D eigenvalue weighted by Gasteiger charge is 2.10. The summed E-state index contributed by atoms with van der Waals surface area (Å²) in [6.07, 6.45) is 0. The van der Waals surface area contributed by atoms with Gasteiger partial charge in [0, 0.05) is 25.2 Å². The highest BCUT2D eigenvalue weighted by molar-refractivity contribution is 6.17. The minimum Gasteiger partial charge on any atom is -0.373 e. The SMILES string of the molecule is CC(C#N)CN(C)c1ccc(F)cc1CCl. The van der Waals surface area contributed by atoms with E-state index in [9.17, 15) is 4.39 Å². The maximum Gasteiger partial charge on any atom is 0.123 e. The molecule has 0 saturated carbocycles. The minimum atomic E-state index is -0.291. The molecule has 16 heavy (non-hydrogen) atoms. The van der Waals surface area contributed by atoms with E-state index in [2.05, 4.69) is 6.07 Å². The molecule has 0 amide bonds. The molecular weight excluding hydrogens is 227 g/mol. The molecule has 2 nitrogen and oxygen atoms in total. The highest BCUT2D eigenvalue weighted by Crippen LogP contribution is 2.23. The number of nitriles is 1. The molecule has 1 unspecified atom stereocenters. The second kappa shape index (κ2) is 5.72. The van der Waals surface area contributed by atoms with E-state index in [0.29, 0.717) is 6.54 Å². The summed E-state index contributed by atoms with van der Waals surface area (Å²) in [7, 11) is 1.87. The summed E-state index contributed by atoms with van der Waals surface area (Å²) in [5.41, 5.74) is 1.62. The Kier molecular flexibility index (Phi) is 4.57. The lowest BCUT2D eigenvalue weighted by Crippen LogP contribution is -2.24. The first-order valence-corrected chi connectivity index (χ1v) is 5.57. The number of benzene rings is 1. The lowest BCUT2D eigenvalue weighted by atomic mass is 10.1. The molecule has 0 N–H and O–H groups in total. The smallest absolute Gasteiger partial charge is 0.123 e. The zero-order valence-corrected chi connectivity index (χ0v) is 10.1. The van der Waals surface area contributed by atoms with Crippen molar-refractivity contribution >= 4 is 17.3 Å². The third kappa shape index (κ3) is 3.11. The van der Waals surface area contributed by atoms with Crippen LogP contribution in [-0.2, 0) is 5.88 Å². The van der Waals surface area contributed by atoms with Crippen LogP contribution in [0.25, 0.3) is 0 Å². The Labute approximate surface area is 100 Å². The van der Waals surface area contributed by atoms with Gasteiger partial charge in [0.25, 0.3) is 0 Å². The van der Waals surface area contributed by atoms with Crippen LogP contribution in [0.3, 0.4) is 0 Å². The number of alkyl halides is 1. The van der Waals surface area contributed by atoms with Gasteiger partial charge in [0.15, 0.2) is 0 Å². The van der Waals surface area contributed by atoms with Gasteiger partial charge in [0.05, 0.1) is 12.0 Å². The van der Waals surface area contributed by atoms with Crippen LogP contribution in [0.4, 0.5) is 10.1 Å². The van der Waals surface area contributed by atoms with Crippen molar-refractivity contribution in [2.75, 3.05) is 18.5 Å². The van der Waals surface area contributed by atoms with Crippen molar-refractivity contribution in [3.05, 3.63) is 29.6 Å². The molecule has 0 aromatic heterocycles. The number of anilines is 1. The Balaban J connectivity index is 2.91. The van der Waals surface area contributed by atoms with Gasteiger partial charge in [-0.25, -0.2) is 4.39 Å². The van der Waals surface area contributed by atoms with Crippen LogP contribution in [0.1, 0.15) is 12.5 Å². The summed E-state index contributed by atoms with van der Waals surface area (Å²) in [4.78, 5) is 1.92. The molecule has 0 aliphatic rings. The standard InChI is InChI=1S/C12H14ClFN2/c1-9(7-15)8-16(2)12-4-3-11(14)5-10(12)6-13/h3-5,9H,6,8H2,1-2H3. The van der Waals surface area contributed by atoms with Gasteiger partial charge in [-0.3, -0.25) is 0 Å². The average Bonchev–Trinajstić information content (AvgIpc) is 2.28. The summed E-state index contributed by atoms with van der Waals surface area (Å²) in [5.74, 6) is -0.0994. The van der Waals surface area contributed by atoms with E-state index in [1.54, 1.807) is 6.07 Å². The monoisotopic (exact) mass is 240 g/mol. The highest BCUT2D eigenvalue weighted by atomic mass is 35.5. The fourth-order valence-electron chi connectivity index (χ4n) is 1.58. The van der Waals surface area contributed by atoms with Crippen LogP contribution in [0.2, 0.25) is 0 Å². The number of nitrogens with zero attached hydrogens (tertiary/aromatic N) is 2. The summed E-state index contributed by atoms with van der Waals surface area (Å²) in [6.45, 7) is 2.45. The van der Waals surface area contributed by atoms with E-state index in [1.807, 2.05) is 18.9 Å². The molecule has 0 bridgehead atoms. The maximum atomic E-state index is 13.0. The zero-order valence-electron chi connectivity index (χ0n) is 9.37. The van der Waals surface area contributed by atoms with Crippen LogP contribution in [0.5, 0.6) is 0 Å². The largest absolute Gasteiger partial charge is 0.373 e. The van der Waals surface area contributed by atoms with Crippen molar-refractivity contribution in [2.24, 2.45) is 5.92 Å². The lowest BCUT2D eigenvalue weighted by Gasteiger charge is -2.22. The lowest BCUT2D eigenvalue weighted by molar-refractivity contribution is 0.625. The quantitative estimate of drug-likeness (QED) is 0.756. The zero-order chi connectivity index (χ0) is 12.1. The molecule has 1 aromatic rings. The maximum absolute atomic E-state index is 13.0. The second-order valence-electron chi connectivity index (χ2n) is 3.82. The second-order valence-corrected chi connectivity index (χ2v) is 4.08. The number of halogens is 2. The van der Waals surface area contributed by atoms with E-state index < -0.39 is 0 Å². The molecule has 0 spiro atoms. The Morgan fingerprint density at radius 2 is 2.25 bits per heavy atom. The summed E-state index contributed by atoms with van der Waals surface area (Å²) >= 11 is 5.76. The van der Waals surface area contributed by atoms with E-state index in [4.69, 9.17) is 16.9 Å². The number of hydrogen-bond acceptors (Lipinski definition) is 2. The molecule has 0 radical (unpaired) electrons. The van der Waals surface area contributed by atoms with Crippen LogP contribution < -0.4 is 4.90 Å². The van der Waals surface area contributed by atoms with Crippen molar-refractivity contribution in [3.63, 3.8) is 0 Å². The van der Waals surface area contributed by atoms with Gasteiger partial charge in [-0.15, -0.1) is 11.6 Å². The van der Waals surface area contributed by atoms with Gasteiger partial charge < -0.3 is 4.90 Å². The molecule has 86 valence electrons. The number of hydrogen-bond donors (Lipinski definition) is 0. The number of rotatable bonds is 4. The topological polar surface area (TPSA) is 27.0 Å². The van der Waals surface area contributed by atoms with E-state index >= 15 is 0 Å². The molecular formula is C12H14ClFN2. The average molecular weight is 241 g/mol. The first-order chi connectivity index (χ1) is 7.58. The van der Waals surface area contributed by atoms with Gasteiger partial charge >= 0.3 is 0 Å². The van der Waals surface area contributed by atoms with Crippen molar-refractivity contribution in [1.82, 2.24) is 0 Å². The summed E-state index contributed by atoms with van der Waals surface area (Å²) in [5, 5.41) is 8.74. The van der Waals surface area contributed by atoms with Crippen LogP contribution in [0.15, 0.2) is 18.2 Å². The Bertz CT molecular complexity index is 400. The van der Waals surface area contributed by atoms with Crippen LogP contribution >= 0.6 is 11.6 Å². The van der Waals surface area contributed by atoms with E-state index in [0.717, 1.165) is 11.3 Å². The molecule has 1 atom stereocenters. The third-order valence-corrected chi connectivity index (χ3v) is 2.65. The summed E-state index contributed by atoms with van der Waals surface area (Å²) in [6, 6.07) is 6.69. The van der Waals surface area contributed by atoms with Crippen molar-refractivity contribution < 1.29 is 4.39 Å². The minimum absolute atomic E-state index is 0.0711. The van der Waals surface area contributed by atoms with Gasteiger partial charge in [-0.05, 0) is 30.7 Å². The van der Waals surface area contributed by atoms with E-state index in [-0.39, 0.29) is 17.6 Å². The van der Waals surface area contributed by atoms with Crippen LogP contribution in [-0.4, -0.2) is 13.6 Å². The molecule has 1 rings (SSSR count). The predicted molar refractivity (Wildman–Crippen MR) is 64.0 cm³/mol. The molecule has 1 aromatic carbocycles. The van der Waals surface area contributed by atoms with Crippen molar-refractivity contribution in [3.8, 4) is 6.07 Å². The van der Waals surface area contributed by atoms with Crippen LogP contribution in [0, 0.1) is 23.1 Å². The predicted octanol–water partition coefficient (Wildman–Crippen LogP) is 3.16. The Hall–Kier alpha value is -1.27. The normalized spacial score (nSPS) is 11.9. The molecule has 0 aliphatic heterocycles. The molecule has 0 saturated heterocycles. The van der Waals surface area contributed by atoms with Crippen molar-refractivity contribution in [2.45, 2.75) is 12.8 Å². The van der Waals surface area contributed by atoms with Gasteiger partial charge in [0.1, 0.15) is 5.82 Å². The molecule has 4 heteroatoms. The molecule has 0 fully saturated rings. The van der Waals surface area contributed by atoms with E-state index in [1.165, 1.54) is 12.1 Å². The van der Waals surface area contributed by atoms with Gasteiger partial charge in [-0.1, -0.05) is 0 Å². The fourth-order valence-corrected chi connectivity index (χ4v) is 1.80. The fraction of sp³-hybridized carbons (Fsp3) is 0.417. The third-order valence-electron chi connectivity index (χ3n) is 2.36. The molecule has 0 heterocycles. The van der Waals surface area contributed by atoms with Gasteiger partial charge in [-0.2, -0.15) is 5.26 Å². The molecule has 0 aliphatic carbocycles. The Morgan fingerprint density at radius 3 is 2.81 bits per heavy atom. The first-order valence-electron chi connectivity index (χ1n) is 5.03. The van der Waals surface area contributed by atoms with Crippen molar-refractivity contribution in [1.29, 1.82) is 5.26 Å². The summed E-state index contributed by atoms with van der Waals surface area (Å²) < 4.78 is 13.0.